The van der Waals surface area contributed by atoms with Gasteiger partial charge in [0.05, 0.1) is 23.9 Å². The first kappa shape index (κ1) is 26.2. The van der Waals surface area contributed by atoms with Gasteiger partial charge in [0.15, 0.2) is 11.5 Å². The lowest BCUT2D eigenvalue weighted by Gasteiger charge is -2.26. The van der Waals surface area contributed by atoms with E-state index in [1.807, 2.05) is 0 Å². The molecular formula is C24H21BrF5NO5. The first-order valence-corrected chi connectivity index (χ1v) is 11.8. The molecule has 1 amide bonds. The molecule has 194 valence electrons. The summed E-state index contributed by atoms with van der Waals surface area (Å²) in [5.41, 5.74) is 0.621. The molecule has 0 spiro atoms. The van der Waals surface area contributed by atoms with E-state index >= 15 is 0 Å². The number of carboxylic acids is 1. The fourth-order valence-electron chi connectivity index (χ4n) is 4.34. The number of alkyl halides is 5. The zero-order valence-corrected chi connectivity index (χ0v) is 20.3. The van der Waals surface area contributed by atoms with Crippen LogP contribution >= 0.6 is 15.9 Å². The molecule has 6 nitrogen and oxygen atoms in total. The van der Waals surface area contributed by atoms with Crippen LogP contribution in [0.3, 0.4) is 0 Å². The summed E-state index contributed by atoms with van der Waals surface area (Å²) in [6, 6.07) is 7.91. The Kier molecular flexibility index (Phi) is 6.93. The molecule has 36 heavy (non-hydrogen) atoms. The van der Waals surface area contributed by atoms with Crippen LogP contribution in [0.25, 0.3) is 0 Å². The van der Waals surface area contributed by atoms with Crippen molar-refractivity contribution in [2.75, 3.05) is 5.32 Å². The van der Waals surface area contributed by atoms with Crippen molar-refractivity contribution in [3.63, 3.8) is 0 Å². The van der Waals surface area contributed by atoms with Gasteiger partial charge in [-0.1, -0.05) is 19.1 Å². The maximum absolute atomic E-state index is 13.7. The van der Waals surface area contributed by atoms with E-state index in [0.717, 1.165) is 38.0 Å². The second-order valence-corrected chi connectivity index (χ2v) is 9.81. The Hall–Kier alpha value is -2.89. The minimum atomic E-state index is -4.78. The summed E-state index contributed by atoms with van der Waals surface area (Å²) in [5.74, 6) is -6.94. The molecule has 2 N–H and O–H groups in total. The van der Waals surface area contributed by atoms with Crippen molar-refractivity contribution in [3.8, 4) is 11.5 Å². The fraction of sp³-hybridized carbons (Fsp3) is 0.417. The van der Waals surface area contributed by atoms with Gasteiger partial charge in [0, 0.05) is 4.47 Å². The number of carboxylic acid groups (broad SMARTS) is 1. The Morgan fingerprint density at radius 2 is 1.75 bits per heavy atom. The maximum Gasteiger partial charge on any atom is 0.586 e. The van der Waals surface area contributed by atoms with Crippen LogP contribution in [-0.4, -0.2) is 29.5 Å². The smallest absolute Gasteiger partial charge is 0.481 e. The molecule has 0 bridgehead atoms. The predicted molar refractivity (Wildman–Crippen MR) is 121 cm³/mol. The van der Waals surface area contributed by atoms with Crippen LogP contribution in [0.2, 0.25) is 0 Å². The lowest BCUT2D eigenvalue weighted by molar-refractivity contribution is -0.286. The first-order valence-electron chi connectivity index (χ1n) is 11.0. The van der Waals surface area contributed by atoms with E-state index in [-0.39, 0.29) is 35.3 Å². The van der Waals surface area contributed by atoms with Gasteiger partial charge in [-0.05, 0) is 76.0 Å². The number of aliphatic carboxylic acids is 1. The number of amides is 1. The van der Waals surface area contributed by atoms with Crippen molar-refractivity contribution in [1.29, 1.82) is 0 Å². The van der Waals surface area contributed by atoms with Gasteiger partial charge in [-0.15, -0.1) is 8.78 Å². The molecule has 2 aliphatic rings. The van der Waals surface area contributed by atoms with Gasteiger partial charge < -0.3 is 19.9 Å². The standard InChI is InChI=1S/C24H21BrF5NO5/c1-11(23(26,27)28)21(14-5-7-18-19(9-14)36-24(29,30)35-18)22(34)31-17-8-13(4-6-16(17)25)15(10-20(32)33)12-2-3-12/h4-9,11-12,15,21H,2-3,10H2,1H3,(H,31,34)(H,32,33). The fourth-order valence-corrected chi connectivity index (χ4v) is 4.68. The molecule has 3 atom stereocenters. The van der Waals surface area contributed by atoms with Crippen LogP contribution in [0.5, 0.6) is 11.5 Å². The van der Waals surface area contributed by atoms with Crippen LogP contribution in [0, 0.1) is 11.8 Å². The number of hydrogen-bond acceptors (Lipinski definition) is 4. The Morgan fingerprint density at radius 3 is 2.36 bits per heavy atom. The second-order valence-electron chi connectivity index (χ2n) is 8.95. The van der Waals surface area contributed by atoms with E-state index < -0.39 is 41.9 Å². The maximum atomic E-state index is 13.7. The lowest BCUT2D eigenvalue weighted by Crippen LogP contribution is -2.34. The molecular weight excluding hydrogens is 557 g/mol. The zero-order chi connectivity index (χ0) is 26.4. The summed E-state index contributed by atoms with van der Waals surface area (Å²) < 4.78 is 77.0. The number of carbonyl (C=O) groups excluding carboxylic acids is 1. The molecule has 4 rings (SSSR count). The topological polar surface area (TPSA) is 84.9 Å². The molecule has 0 saturated heterocycles. The SMILES string of the molecule is CC(C(C(=O)Nc1cc(C(CC(=O)O)C2CC2)ccc1Br)c1ccc2c(c1)OC(F)(F)O2)C(F)(F)F. The zero-order valence-electron chi connectivity index (χ0n) is 18.7. The van der Waals surface area contributed by atoms with E-state index in [4.69, 9.17) is 0 Å². The van der Waals surface area contributed by atoms with Gasteiger partial charge in [0.25, 0.3) is 0 Å². The minimum absolute atomic E-state index is 0.116. The highest BCUT2D eigenvalue weighted by atomic mass is 79.9. The first-order chi connectivity index (χ1) is 16.7. The molecule has 1 aliphatic carbocycles. The number of hydrogen-bond donors (Lipinski definition) is 2. The van der Waals surface area contributed by atoms with Crippen molar-refractivity contribution in [3.05, 3.63) is 52.0 Å². The molecule has 1 heterocycles. The lowest BCUT2D eigenvalue weighted by atomic mass is 9.85. The molecule has 2 aromatic rings. The van der Waals surface area contributed by atoms with Gasteiger partial charge in [-0.3, -0.25) is 9.59 Å². The highest BCUT2D eigenvalue weighted by molar-refractivity contribution is 9.10. The number of nitrogens with one attached hydrogen (secondary N) is 1. The van der Waals surface area contributed by atoms with Crippen LogP contribution in [0.1, 0.15) is 49.1 Å². The summed E-state index contributed by atoms with van der Waals surface area (Å²) in [6.07, 6.45) is -7.13. The number of carbonyl (C=O) groups is 2. The number of halogens is 6. The van der Waals surface area contributed by atoms with E-state index in [2.05, 4.69) is 30.7 Å². The van der Waals surface area contributed by atoms with Gasteiger partial charge in [-0.25, -0.2) is 0 Å². The van der Waals surface area contributed by atoms with Crippen LogP contribution in [0.4, 0.5) is 27.6 Å². The molecule has 3 unspecified atom stereocenters. The van der Waals surface area contributed by atoms with Gasteiger partial charge >= 0.3 is 18.4 Å². The van der Waals surface area contributed by atoms with E-state index in [0.29, 0.717) is 10.0 Å². The van der Waals surface area contributed by atoms with Crippen molar-refractivity contribution >= 4 is 33.5 Å². The minimum Gasteiger partial charge on any atom is -0.481 e. The average Bonchev–Trinajstić information content (AvgIpc) is 3.55. The third kappa shape index (κ3) is 5.74. The predicted octanol–water partition coefficient (Wildman–Crippen LogP) is 6.66. The normalized spacial score (nSPS) is 18.9. The number of benzene rings is 2. The Morgan fingerprint density at radius 1 is 1.11 bits per heavy atom. The molecule has 0 aromatic heterocycles. The summed E-state index contributed by atoms with van der Waals surface area (Å²) in [6.45, 7) is 0.824. The van der Waals surface area contributed by atoms with Crippen LogP contribution in [0.15, 0.2) is 40.9 Å². The number of anilines is 1. The van der Waals surface area contributed by atoms with Gasteiger partial charge in [-0.2, -0.15) is 13.2 Å². The molecule has 2 aromatic carbocycles. The van der Waals surface area contributed by atoms with Crippen molar-refractivity contribution in [1.82, 2.24) is 0 Å². The van der Waals surface area contributed by atoms with Crippen molar-refractivity contribution < 1.29 is 46.1 Å². The molecule has 1 aliphatic heterocycles. The highest BCUT2D eigenvalue weighted by Gasteiger charge is 2.47. The Bertz CT molecular complexity index is 1180. The molecule has 1 saturated carbocycles. The van der Waals surface area contributed by atoms with E-state index in [1.54, 1.807) is 18.2 Å². The van der Waals surface area contributed by atoms with E-state index in [1.165, 1.54) is 0 Å². The summed E-state index contributed by atoms with van der Waals surface area (Å²) >= 11 is 3.27. The highest BCUT2D eigenvalue weighted by Crippen LogP contribution is 2.47. The summed E-state index contributed by atoms with van der Waals surface area (Å²) in [7, 11) is 0. The Labute approximate surface area is 210 Å². The Balaban J connectivity index is 1.65. The van der Waals surface area contributed by atoms with Gasteiger partial charge in [0.2, 0.25) is 5.91 Å². The average molecular weight is 578 g/mol. The third-order valence-corrected chi connectivity index (χ3v) is 7.04. The summed E-state index contributed by atoms with van der Waals surface area (Å²) in [4.78, 5) is 24.6. The quantitative estimate of drug-likeness (QED) is 0.343. The third-order valence-electron chi connectivity index (χ3n) is 6.35. The summed E-state index contributed by atoms with van der Waals surface area (Å²) in [5, 5.41) is 11.8. The monoisotopic (exact) mass is 577 g/mol. The number of fused-ring (bicyclic) bond motifs is 1. The van der Waals surface area contributed by atoms with Crippen molar-refractivity contribution in [2.24, 2.45) is 11.8 Å². The molecule has 1 fully saturated rings. The van der Waals surface area contributed by atoms with Gasteiger partial charge in [0.1, 0.15) is 0 Å². The number of ether oxygens (including phenoxy) is 2. The van der Waals surface area contributed by atoms with Crippen LogP contribution in [-0.2, 0) is 9.59 Å². The van der Waals surface area contributed by atoms with E-state index in [9.17, 15) is 36.6 Å². The second kappa shape index (κ2) is 9.53. The number of rotatable bonds is 8. The van der Waals surface area contributed by atoms with Crippen LogP contribution < -0.4 is 14.8 Å². The molecule has 0 radical (unpaired) electrons. The molecule has 12 heteroatoms. The van der Waals surface area contributed by atoms with Crippen molar-refractivity contribution in [2.45, 2.75) is 50.5 Å². The largest absolute Gasteiger partial charge is 0.586 e.